The van der Waals surface area contributed by atoms with Crippen molar-refractivity contribution in [2.45, 2.75) is 38.7 Å². The van der Waals surface area contributed by atoms with Crippen LogP contribution in [0.15, 0.2) is 42.5 Å². The Morgan fingerprint density at radius 2 is 1.92 bits per heavy atom. The van der Waals surface area contributed by atoms with Crippen molar-refractivity contribution in [2.75, 3.05) is 13.2 Å². The van der Waals surface area contributed by atoms with Crippen LogP contribution in [-0.4, -0.2) is 25.2 Å². The van der Waals surface area contributed by atoms with Crippen LogP contribution in [0.25, 0.3) is 0 Å². The van der Waals surface area contributed by atoms with E-state index in [4.69, 9.17) is 21.1 Å². The first-order valence-corrected chi connectivity index (χ1v) is 9.45. The average molecular weight is 374 g/mol. The third-order valence-electron chi connectivity index (χ3n) is 4.51. The Morgan fingerprint density at radius 3 is 2.73 bits per heavy atom. The number of fused-ring (bicyclic) bond motifs is 1. The van der Waals surface area contributed by atoms with Gasteiger partial charge in [-0.1, -0.05) is 23.7 Å². The molecule has 1 N–H and O–H groups in total. The van der Waals surface area contributed by atoms with Crippen LogP contribution in [0.3, 0.4) is 0 Å². The average Bonchev–Trinajstić information content (AvgIpc) is 2.66. The highest BCUT2D eigenvalue weighted by Gasteiger charge is 2.19. The van der Waals surface area contributed by atoms with Gasteiger partial charge in [0, 0.05) is 5.02 Å². The molecule has 1 amide bonds. The highest BCUT2D eigenvalue weighted by molar-refractivity contribution is 6.30. The molecule has 0 fully saturated rings. The fraction of sp³-hybridized carbons (Fsp3) is 0.381. The predicted molar refractivity (Wildman–Crippen MR) is 103 cm³/mol. The molecule has 0 aliphatic heterocycles. The summed E-state index contributed by atoms with van der Waals surface area (Å²) in [5, 5.41) is 3.52. The molecular formula is C21H24ClNO3. The molecular weight excluding hydrogens is 350 g/mol. The van der Waals surface area contributed by atoms with Gasteiger partial charge in [-0.3, -0.25) is 4.79 Å². The first-order valence-electron chi connectivity index (χ1n) is 9.07. The summed E-state index contributed by atoms with van der Waals surface area (Å²) < 4.78 is 11.5. The zero-order chi connectivity index (χ0) is 18.4. The number of hydrogen-bond acceptors (Lipinski definition) is 3. The number of carbonyl (C=O) groups is 1. The van der Waals surface area contributed by atoms with Gasteiger partial charge in [-0.05, 0) is 74.1 Å². The Bertz CT molecular complexity index is 745. The van der Waals surface area contributed by atoms with Gasteiger partial charge in [-0.15, -0.1) is 0 Å². The lowest BCUT2D eigenvalue weighted by molar-refractivity contribution is -0.127. The number of hydrogen-bond donors (Lipinski definition) is 1. The molecule has 0 saturated carbocycles. The summed E-state index contributed by atoms with van der Waals surface area (Å²) >= 11 is 5.83. The highest BCUT2D eigenvalue weighted by Crippen LogP contribution is 2.30. The first kappa shape index (κ1) is 18.6. The Hall–Kier alpha value is -2.20. The second-order valence-corrected chi connectivity index (χ2v) is 6.89. The number of halogens is 1. The summed E-state index contributed by atoms with van der Waals surface area (Å²) in [5.41, 5.74) is 2.60. The molecule has 1 unspecified atom stereocenters. The second-order valence-electron chi connectivity index (χ2n) is 6.45. The third kappa shape index (κ3) is 4.92. The number of rotatable bonds is 7. The molecule has 0 bridgehead atoms. The van der Waals surface area contributed by atoms with Crippen LogP contribution >= 0.6 is 11.6 Å². The van der Waals surface area contributed by atoms with Crippen molar-refractivity contribution in [1.82, 2.24) is 5.32 Å². The Kier molecular flexibility index (Phi) is 6.40. The van der Waals surface area contributed by atoms with Crippen molar-refractivity contribution in [3.63, 3.8) is 0 Å². The number of carbonyl (C=O) groups excluding carboxylic acids is 1. The van der Waals surface area contributed by atoms with E-state index in [2.05, 4.69) is 11.4 Å². The van der Waals surface area contributed by atoms with Crippen molar-refractivity contribution >= 4 is 17.5 Å². The Labute approximate surface area is 159 Å². The van der Waals surface area contributed by atoms with Gasteiger partial charge in [0.2, 0.25) is 0 Å². The summed E-state index contributed by atoms with van der Waals surface area (Å²) in [6, 6.07) is 13.3. The van der Waals surface area contributed by atoms with Crippen LogP contribution in [0.2, 0.25) is 5.02 Å². The zero-order valence-corrected chi connectivity index (χ0v) is 15.7. The van der Waals surface area contributed by atoms with E-state index in [1.165, 1.54) is 24.0 Å². The SMILES string of the molecule is CC(Oc1cccc2c1CCCC2)C(=O)NCCOc1ccc(Cl)cc1. The molecule has 0 saturated heterocycles. The molecule has 26 heavy (non-hydrogen) atoms. The van der Waals surface area contributed by atoms with Crippen LogP contribution in [0.4, 0.5) is 0 Å². The molecule has 138 valence electrons. The quantitative estimate of drug-likeness (QED) is 0.740. The molecule has 0 aromatic heterocycles. The predicted octanol–water partition coefficient (Wildman–Crippen LogP) is 4.18. The maximum absolute atomic E-state index is 12.3. The summed E-state index contributed by atoms with van der Waals surface area (Å²) in [6.07, 6.45) is 3.97. The minimum absolute atomic E-state index is 0.141. The van der Waals surface area contributed by atoms with Gasteiger partial charge in [-0.25, -0.2) is 0 Å². The van der Waals surface area contributed by atoms with Crippen LogP contribution < -0.4 is 14.8 Å². The molecule has 0 radical (unpaired) electrons. The molecule has 1 aliphatic carbocycles. The van der Waals surface area contributed by atoms with Crippen LogP contribution in [0.5, 0.6) is 11.5 Å². The molecule has 1 aliphatic rings. The van der Waals surface area contributed by atoms with Gasteiger partial charge in [-0.2, -0.15) is 0 Å². The number of amides is 1. The fourth-order valence-electron chi connectivity index (χ4n) is 3.12. The molecule has 4 nitrogen and oxygen atoms in total. The molecule has 0 heterocycles. The molecule has 5 heteroatoms. The van der Waals surface area contributed by atoms with E-state index in [0.717, 1.165) is 24.3 Å². The maximum Gasteiger partial charge on any atom is 0.260 e. The lowest BCUT2D eigenvalue weighted by Crippen LogP contribution is -2.38. The van der Waals surface area contributed by atoms with Crippen LogP contribution in [-0.2, 0) is 17.6 Å². The zero-order valence-electron chi connectivity index (χ0n) is 15.0. The number of ether oxygens (including phenoxy) is 2. The summed E-state index contributed by atoms with van der Waals surface area (Å²) in [7, 11) is 0. The molecule has 0 spiro atoms. The van der Waals surface area contributed by atoms with Crippen molar-refractivity contribution < 1.29 is 14.3 Å². The van der Waals surface area contributed by atoms with Crippen molar-refractivity contribution in [2.24, 2.45) is 0 Å². The number of aryl methyl sites for hydroxylation is 1. The molecule has 2 aromatic rings. The van der Waals surface area contributed by atoms with E-state index in [0.29, 0.717) is 18.2 Å². The highest BCUT2D eigenvalue weighted by atomic mass is 35.5. The summed E-state index contributed by atoms with van der Waals surface area (Å²) in [4.78, 5) is 12.3. The third-order valence-corrected chi connectivity index (χ3v) is 4.76. The van der Waals surface area contributed by atoms with Gasteiger partial charge in [0.05, 0.1) is 6.54 Å². The number of nitrogens with one attached hydrogen (secondary N) is 1. The fourth-order valence-corrected chi connectivity index (χ4v) is 3.24. The van der Waals surface area contributed by atoms with Gasteiger partial charge >= 0.3 is 0 Å². The van der Waals surface area contributed by atoms with Gasteiger partial charge in [0.1, 0.15) is 18.1 Å². The van der Waals surface area contributed by atoms with Crippen molar-refractivity contribution in [3.8, 4) is 11.5 Å². The van der Waals surface area contributed by atoms with Crippen LogP contribution in [0.1, 0.15) is 30.9 Å². The topological polar surface area (TPSA) is 47.6 Å². The minimum atomic E-state index is -0.543. The van der Waals surface area contributed by atoms with E-state index in [-0.39, 0.29) is 5.91 Å². The van der Waals surface area contributed by atoms with E-state index in [9.17, 15) is 4.79 Å². The molecule has 3 rings (SSSR count). The van der Waals surface area contributed by atoms with Crippen molar-refractivity contribution in [1.29, 1.82) is 0 Å². The van der Waals surface area contributed by atoms with E-state index >= 15 is 0 Å². The second kappa shape index (κ2) is 8.95. The van der Waals surface area contributed by atoms with Gasteiger partial charge in [0.25, 0.3) is 5.91 Å². The van der Waals surface area contributed by atoms with E-state index in [1.54, 1.807) is 31.2 Å². The normalized spacial score (nSPS) is 14.2. The lowest BCUT2D eigenvalue weighted by Gasteiger charge is -2.22. The lowest BCUT2D eigenvalue weighted by atomic mass is 9.91. The van der Waals surface area contributed by atoms with Crippen molar-refractivity contribution in [3.05, 3.63) is 58.6 Å². The van der Waals surface area contributed by atoms with Gasteiger partial charge in [0.15, 0.2) is 6.10 Å². The van der Waals surface area contributed by atoms with E-state index in [1.807, 2.05) is 12.1 Å². The largest absolute Gasteiger partial charge is 0.492 e. The molecule has 2 aromatic carbocycles. The minimum Gasteiger partial charge on any atom is -0.492 e. The summed E-state index contributed by atoms with van der Waals surface area (Å²) in [5.74, 6) is 1.42. The Morgan fingerprint density at radius 1 is 1.15 bits per heavy atom. The standard InChI is InChI=1S/C21H24ClNO3/c1-15(26-20-8-4-6-16-5-2-3-7-19(16)20)21(24)23-13-14-25-18-11-9-17(22)10-12-18/h4,6,8-12,15H,2-3,5,7,13-14H2,1H3,(H,23,24). The maximum atomic E-state index is 12.3. The molecule has 1 atom stereocenters. The first-order chi connectivity index (χ1) is 12.6. The van der Waals surface area contributed by atoms with Crippen LogP contribution in [0, 0.1) is 0 Å². The number of benzene rings is 2. The summed E-state index contributed by atoms with van der Waals surface area (Å²) in [6.45, 7) is 2.58. The Balaban J connectivity index is 1.45. The smallest absolute Gasteiger partial charge is 0.260 e. The van der Waals surface area contributed by atoms with E-state index < -0.39 is 6.10 Å². The van der Waals surface area contributed by atoms with Gasteiger partial charge < -0.3 is 14.8 Å². The monoisotopic (exact) mass is 373 g/mol.